The van der Waals surface area contributed by atoms with Crippen molar-refractivity contribution >= 4 is 68.5 Å². The fourth-order valence-electron chi connectivity index (χ4n) is 7.38. The summed E-state index contributed by atoms with van der Waals surface area (Å²) in [5.74, 6) is -3.05. The van der Waals surface area contributed by atoms with Crippen LogP contribution in [0.5, 0.6) is 0 Å². The molecule has 2 atom stereocenters. The van der Waals surface area contributed by atoms with E-state index in [-0.39, 0.29) is 82.9 Å². The summed E-state index contributed by atoms with van der Waals surface area (Å²) in [7, 11) is -3.80. The second-order valence-corrected chi connectivity index (χ2v) is 18.9. The first kappa shape index (κ1) is 54.2. The number of aromatic nitrogens is 4. The number of nitrogens with one attached hydrogen (secondary N) is 5. The highest BCUT2D eigenvalue weighted by atomic mass is 35.5. The molecule has 2 aromatic carbocycles. The summed E-state index contributed by atoms with van der Waals surface area (Å²) in [6.07, 6.45) is 4.43. The Balaban J connectivity index is 0.778. The van der Waals surface area contributed by atoms with Gasteiger partial charge >= 0.3 is 0 Å². The van der Waals surface area contributed by atoms with E-state index < -0.39 is 45.5 Å². The van der Waals surface area contributed by atoms with Gasteiger partial charge in [-0.15, -0.1) is 0 Å². The molecular weight excluding hydrogens is 971 g/mol. The molecule has 25 heteroatoms. The van der Waals surface area contributed by atoms with Crippen LogP contribution in [0.2, 0.25) is 5.02 Å². The number of hydrogen-bond donors (Lipinski definition) is 5. The van der Waals surface area contributed by atoms with E-state index in [0.29, 0.717) is 89.5 Å². The second kappa shape index (κ2) is 25.8. The highest BCUT2D eigenvalue weighted by Gasteiger charge is 2.45. The smallest absolute Gasteiger partial charge is 0.264 e. The van der Waals surface area contributed by atoms with Gasteiger partial charge in [0.25, 0.3) is 11.8 Å². The predicted molar refractivity (Wildman–Crippen MR) is 259 cm³/mol. The zero-order chi connectivity index (χ0) is 51.1. The maximum atomic E-state index is 15.8. The van der Waals surface area contributed by atoms with Gasteiger partial charge in [-0.25, -0.2) is 22.8 Å². The third-order valence-corrected chi connectivity index (χ3v) is 11.6. The lowest BCUT2D eigenvalue weighted by atomic mass is 10.0. The summed E-state index contributed by atoms with van der Waals surface area (Å²) >= 11 is 6.29. The van der Waals surface area contributed by atoms with E-state index in [9.17, 15) is 32.4 Å². The summed E-state index contributed by atoms with van der Waals surface area (Å²) < 4.78 is 71.1. The van der Waals surface area contributed by atoms with Crippen LogP contribution in [0.15, 0.2) is 48.8 Å². The van der Waals surface area contributed by atoms with Crippen LogP contribution >= 0.6 is 11.6 Å². The van der Waals surface area contributed by atoms with E-state index in [0.717, 1.165) is 11.2 Å². The lowest BCUT2D eigenvalue weighted by molar-refractivity contribution is -0.136. The van der Waals surface area contributed by atoms with E-state index in [1.165, 1.54) is 24.4 Å². The molecule has 0 radical (unpaired) electrons. The van der Waals surface area contributed by atoms with Crippen molar-refractivity contribution in [2.24, 2.45) is 0 Å². The minimum atomic E-state index is -3.80. The first-order valence-corrected chi connectivity index (χ1v) is 25.2. The minimum absolute atomic E-state index is 0.0187. The topological polar surface area (TPSA) is 273 Å². The third kappa shape index (κ3) is 15.4. The van der Waals surface area contributed by atoms with Crippen molar-refractivity contribution in [2.45, 2.75) is 58.2 Å². The molecule has 6 rings (SSSR count). The van der Waals surface area contributed by atoms with Crippen LogP contribution in [-0.2, 0) is 48.1 Å². The number of imide groups is 2. The van der Waals surface area contributed by atoms with Crippen molar-refractivity contribution in [1.82, 2.24) is 35.3 Å². The Bertz CT molecular complexity index is 2660. The van der Waals surface area contributed by atoms with Crippen molar-refractivity contribution in [3.05, 3.63) is 70.8 Å². The highest BCUT2D eigenvalue weighted by Crippen LogP contribution is 2.37. The standard InChI is InChI=1S/C46H58ClFN10O12S/c1-28(2)57-27-33(42(55-57)32-24-30(47)25-36(41(32)48)56-71(4,64)65)34-10-12-50-46(53-34)51-26-29(3)52-39(60)11-14-66-16-18-68-20-22-70-23-21-69-19-17-67-15-13-49-35-7-5-6-31-40(35)45(63)58(44(31)62)37-8-9-38(59)54-43(37)61/h5-7,10,12,24-25,27-29,37,49,56H,8-9,11,13-23,26H2,1-4H3,(H,52,60)(H,50,51,53)(H,54,59,61)/t29-,37?/m0/s1. The van der Waals surface area contributed by atoms with Gasteiger partial charge in [0, 0.05) is 72.2 Å². The maximum absolute atomic E-state index is 15.8. The fraction of sp³-hybridized carbons (Fsp3) is 0.478. The zero-order valence-corrected chi connectivity index (χ0v) is 41.3. The predicted octanol–water partition coefficient (Wildman–Crippen LogP) is 3.66. The third-order valence-electron chi connectivity index (χ3n) is 10.7. The molecule has 4 aromatic rings. The SMILES string of the molecule is CC(C)n1cc(-c2ccnc(NC[C@H](C)NC(=O)CCOCCOCCOCCOCCOCCNc3cccc4c3C(=O)N(C3CCC(=O)NC3=O)C4=O)n2)c(-c2cc(Cl)cc(NS(C)(=O)=O)c2F)n1. The molecule has 2 aliphatic heterocycles. The molecule has 384 valence electrons. The van der Waals surface area contributed by atoms with Crippen LogP contribution in [0, 0.1) is 5.82 Å². The monoisotopic (exact) mass is 1030 g/mol. The molecule has 22 nitrogen and oxygen atoms in total. The molecule has 1 saturated heterocycles. The molecule has 0 saturated carbocycles. The number of nitrogens with zero attached hydrogens (tertiary/aromatic N) is 5. The summed E-state index contributed by atoms with van der Waals surface area (Å²) in [5, 5.41) is 16.0. The summed E-state index contributed by atoms with van der Waals surface area (Å²) in [6.45, 7) is 9.50. The van der Waals surface area contributed by atoms with Gasteiger partial charge in [-0.3, -0.25) is 43.6 Å². The average Bonchev–Trinajstić information content (AvgIpc) is 3.88. The molecule has 5 N–H and O–H groups in total. The molecule has 1 unspecified atom stereocenters. The van der Waals surface area contributed by atoms with E-state index >= 15 is 4.39 Å². The Kier molecular flexibility index (Phi) is 19.7. The van der Waals surface area contributed by atoms with Crippen LogP contribution in [0.25, 0.3) is 22.5 Å². The molecular formula is C46H58ClFN10O12S. The lowest BCUT2D eigenvalue weighted by Crippen LogP contribution is -2.54. The van der Waals surface area contributed by atoms with Crippen molar-refractivity contribution in [3.63, 3.8) is 0 Å². The zero-order valence-electron chi connectivity index (χ0n) is 39.8. The van der Waals surface area contributed by atoms with E-state index in [1.54, 1.807) is 29.1 Å². The molecule has 71 heavy (non-hydrogen) atoms. The molecule has 1 fully saturated rings. The number of piperidine rings is 1. The summed E-state index contributed by atoms with van der Waals surface area (Å²) in [5.41, 5.74) is 1.58. The van der Waals surface area contributed by atoms with Crippen LogP contribution in [-0.4, -0.2) is 160 Å². The number of carbonyl (C=O) groups excluding carboxylic acids is 5. The van der Waals surface area contributed by atoms with Gasteiger partial charge in [-0.2, -0.15) is 5.10 Å². The Morgan fingerprint density at radius 1 is 0.859 bits per heavy atom. The van der Waals surface area contributed by atoms with Crippen LogP contribution < -0.4 is 26.0 Å². The van der Waals surface area contributed by atoms with Crippen LogP contribution in [0.4, 0.5) is 21.7 Å². The normalized spacial score (nSPS) is 15.3. The van der Waals surface area contributed by atoms with E-state index in [1.807, 2.05) is 20.8 Å². The van der Waals surface area contributed by atoms with Gasteiger partial charge in [0.1, 0.15) is 11.7 Å². The van der Waals surface area contributed by atoms with Gasteiger partial charge in [-0.1, -0.05) is 17.7 Å². The molecule has 4 heterocycles. The van der Waals surface area contributed by atoms with Crippen molar-refractivity contribution in [3.8, 4) is 22.5 Å². The van der Waals surface area contributed by atoms with Crippen molar-refractivity contribution < 1.29 is 60.5 Å². The number of rotatable bonds is 29. The van der Waals surface area contributed by atoms with Gasteiger partial charge in [0.2, 0.25) is 33.7 Å². The Morgan fingerprint density at radius 2 is 1.52 bits per heavy atom. The molecule has 2 aliphatic rings. The number of fused-ring (bicyclic) bond motifs is 1. The summed E-state index contributed by atoms with van der Waals surface area (Å²) in [6, 6.07) is 7.62. The Labute approximate surface area is 415 Å². The number of hydrogen-bond acceptors (Lipinski definition) is 17. The van der Waals surface area contributed by atoms with Gasteiger partial charge in [0.05, 0.1) is 94.8 Å². The number of ether oxygens (including phenoxy) is 5. The van der Waals surface area contributed by atoms with Gasteiger partial charge < -0.3 is 39.6 Å². The largest absolute Gasteiger partial charge is 0.382 e. The first-order valence-electron chi connectivity index (χ1n) is 22.9. The van der Waals surface area contributed by atoms with Gasteiger partial charge in [0.15, 0.2) is 5.82 Å². The molecule has 0 bridgehead atoms. The number of halogens is 2. The van der Waals surface area contributed by atoms with E-state index in [4.69, 9.17) is 35.3 Å². The quantitative estimate of drug-likeness (QED) is 0.0384. The van der Waals surface area contributed by atoms with Crippen LogP contribution in [0.1, 0.15) is 66.8 Å². The lowest BCUT2D eigenvalue weighted by Gasteiger charge is -2.27. The summed E-state index contributed by atoms with van der Waals surface area (Å²) in [4.78, 5) is 72.5. The second-order valence-electron chi connectivity index (χ2n) is 16.7. The van der Waals surface area contributed by atoms with Gasteiger partial charge in [-0.05, 0) is 57.5 Å². The molecule has 2 aromatic heterocycles. The fourth-order valence-corrected chi connectivity index (χ4v) is 8.15. The Morgan fingerprint density at radius 3 is 2.17 bits per heavy atom. The molecule has 0 spiro atoms. The Hall–Kier alpha value is -6.15. The highest BCUT2D eigenvalue weighted by molar-refractivity contribution is 7.92. The number of amides is 5. The maximum Gasteiger partial charge on any atom is 0.264 e. The number of benzene rings is 2. The average molecular weight is 1030 g/mol. The van der Waals surface area contributed by atoms with E-state index in [2.05, 4.69) is 41.1 Å². The minimum Gasteiger partial charge on any atom is -0.382 e. The first-order chi connectivity index (χ1) is 34.0. The van der Waals surface area contributed by atoms with Crippen molar-refractivity contribution in [1.29, 1.82) is 0 Å². The number of carbonyl (C=O) groups is 5. The van der Waals surface area contributed by atoms with Crippen molar-refractivity contribution in [2.75, 3.05) is 101 Å². The number of anilines is 3. The molecule has 5 amide bonds. The molecule has 0 aliphatic carbocycles. The number of sulfonamides is 1. The van der Waals surface area contributed by atoms with Crippen LogP contribution in [0.3, 0.4) is 0 Å².